The van der Waals surface area contributed by atoms with Crippen molar-refractivity contribution in [3.8, 4) is 0 Å². The van der Waals surface area contributed by atoms with Crippen molar-refractivity contribution < 1.29 is 9.59 Å². The molecule has 0 saturated heterocycles. The van der Waals surface area contributed by atoms with Crippen molar-refractivity contribution in [3.63, 3.8) is 0 Å². The largest absolute Gasteiger partial charge is 0.294 e. The van der Waals surface area contributed by atoms with Crippen molar-refractivity contribution in [3.05, 3.63) is 107 Å². The van der Waals surface area contributed by atoms with Crippen molar-refractivity contribution in [2.24, 2.45) is 5.92 Å². The third kappa shape index (κ3) is 3.62. The van der Waals surface area contributed by atoms with Crippen molar-refractivity contribution in [2.75, 3.05) is 4.90 Å². The molecule has 0 N–H and O–H groups in total. The first-order valence-corrected chi connectivity index (χ1v) is 9.46. The van der Waals surface area contributed by atoms with E-state index in [1.54, 1.807) is 35.2 Å². The molecule has 0 aromatic heterocycles. The lowest BCUT2D eigenvalue weighted by Gasteiger charge is -2.32. The number of hydrogen-bond donors (Lipinski definition) is 0. The number of rotatable bonds is 4. The first kappa shape index (κ1) is 18.2. The van der Waals surface area contributed by atoms with Crippen LogP contribution in [0.25, 0.3) is 5.70 Å². The van der Waals surface area contributed by atoms with Gasteiger partial charge in [-0.25, -0.2) is 0 Å². The van der Waals surface area contributed by atoms with Gasteiger partial charge < -0.3 is 0 Å². The smallest absolute Gasteiger partial charge is 0.242 e. The summed E-state index contributed by atoms with van der Waals surface area (Å²) in [7, 11) is 0. The molecule has 3 aromatic carbocycles. The van der Waals surface area contributed by atoms with Gasteiger partial charge in [0.2, 0.25) is 5.91 Å². The zero-order valence-electron chi connectivity index (χ0n) is 15.1. The second kappa shape index (κ2) is 7.83. The second-order valence-electron chi connectivity index (χ2n) is 6.69. The average Bonchev–Trinajstić information content (AvgIpc) is 2.73. The summed E-state index contributed by atoms with van der Waals surface area (Å²) in [4.78, 5) is 27.9. The molecule has 4 rings (SSSR count). The van der Waals surface area contributed by atoms with Gasteiger partial charge in [-0.15, -0.1) is 0 Å². The lowest BCUT2D eigenvalue weighted by molar-refractivity contribution is -0.130. The summed E-state index contributed by atoms with van der Waals surface area (Å²) in [6.45, 7) is 0. The summed E-state index contributed by atoms with van der Waals surface area (Å²) < 4.78 is 0. The van der Waals surface area contributed by atoms with Crippen LogP contribution in [-0.2, 0) is 16.0 Å². The Morgan fingerprint density at radius 2 is 1.39 bits per heavy atom. The molecule has 1 unspecified atom stereocenters. The first-order valence-electron chi connectivity index (χ1n) is 9.08. The van der Waals surface area contributed by atoms with Crippen LogP contribution in [0, 0.1) is 5.92 Å². The summed E-state index contributed by atoms with van der Waals surface area (Å²) in [6, 6.07) is 26.2. The van der Waals surface area contributed by atoms with Crippen LogP contribution in [0.2, 0.25) is 5.02 Å². The molecule has 1 amide bonds. The number of halogens is 1. The van der Waals surface area contributed by atoms with Gasteiger partial charge in [0.15, 0.2) is 5.78 Å². The fourth-order valence-electron chi connectivity index (χ4n) is 3.41. The molecule has 0 bridgehead atoms. The van der Waals surface area contributed by atoms with E-state index in [-0.39, 0.29) is 11.7 Å². The normalized spacial score (nSPS) is 16.8. The minimum atomic E-state index is -0.745. The molecule has 0 fully saturated rings. The van der Waals surface area contributed by atoms with Gasteiger partial charge >= 0.3 is 0 Å². The highest BCUT2D eigenvalue weighted by molar-refractivity contribution is 6.30. The molecule has 1 aliphatic heterocycles. The molecule has 138 valence electrons. The molecule has 28 heavy (non-hydrogen) atoms. The van der Waals surface area contributed by atoms with Gasteiger partial charge in [0.05, 0.1) is 5.70 Å². The summed E-state index contributed by atoms with van der Waals surface area (Å²) in [5, 5.41) is 0.593. The van der Waals surface area contributed by atoms with Gasteiger partial charge in [0.1, 0.15) is 5.92 Å². The number of allylic oxidation sites excluding steroid dienone is 1. The molecular formula is C24H18ClNO2. The Balaban J connectivity index is 1.78. The highest BCUT2D eigenvalue weighted by Gasteiger charge is 2.37. The van der Waals surface area contributed by atoms with Crippen molar-refractivity contribution in [1.29, 1.82) is 0 Å². The van der Waals surface area contributed by atoms with Gasteiger partial charge in [-0.1, -0.05) is 72.3 Å². The number of ketones is 1. The van der Waals surface area contributed by atoms with E-state index < -0.39 is 5.92 Å². The average molecular weight is 388 g/mol. The summed E-state index contributed by atoms with van der Waals surface area (Å²) in [5.41, 5.74) is 3.05. The Kier molecular flexibility index (Phi) is 5.09. The van der Waals surface area contributed by atoms with Crippen molar-refractivity contribution >= 4 is 34.7 Å². The second-order valence-corrected chi connectivity index (χ2v) is 7.13. The van der Waals surface area contributed by atoms with Crippen molar-refractivity contribution in [2.45, 2.75) is 6.42 Å². The van der Waals surface area contributed by atoms with E-state index in [9.17, 15) is 9.59 Å². The summed E-state index contributed by atoms with van der Waals surface area (Å²) in [5.74, 6) is -1.14. The molecule has 3 aromatic rings. The predicted molar refractivity (Wildman–Crippen MR) is 112 cm³/mol. The third-order valence-electron chi connectivity index (χ3n) is 4.82. The van der Waals surface area contributed by atoms with Crippen LogP contribution in [0.4, 0.5) is 5.69 Å². The molecule has 4 heteroatoms. The molecule has 1 aliphatic rings. The summed E-state index contributed by atoms with van der Waals surface area (Å²) in [6.07, 6.45) is 1.96. The van der Waals surface area contributed by atoms with Crippen LogP contribution in [0.15, 0.2) is 91.0 Å². The van der Waals surface area contributed by atoms with E-state index in [4.69, 9.17) is 11.6 Å². The summed E-state index contributed by atoms with van der Waals surface area (Å²) >= 11 is 6.03. The Hall–Kier alpha value is -3.17. The molecule has 1 heterocycles. The monoisotopic (exact) mass is 387 g/mol. The van der Waals surface area contributed by atoms with E-state index in [1.165, 1.54) is 0 Å². The number of carbonyl (C=O) groups excluding carboxylic acids is 2. The highest BCUT2D eigenvalue weighted by atomic mass is 35.5. The maximum Gasteiger partial charge on any atom is 0.242 e. The van der Waals surface area contributed by atoms with E-state index in [0.29, 0.717) is 22.8 Å². The minimum absolute atomic E-state index is 0.169. The van der Waals surface area contributed by atoms with E-state index in [1.807, 2.05) is 60.7 Å². The Morgan fingerprint density at radius 3 is 2.04 bits per heavy atom. The van der Waals surface area contributed by atoms with E-state index in [2.05, 4.69) is 0 Å². The van der Waals surface area contributed by atoms with Crippen LogP contribution in [0.1, 0.15) is 11.1 Å². The number of anilines is 1. The first-order chi connectivity index (χ1) is 13.6. The molecule has 3 nitrogen and oxygen atoms in total. The number of nitrogens with zero attached hydrogens (tertiary/aromatic N) is 1. The zero-order chi connectivity index (χ0) is 19.5. The van der Waals surface area contributed by atoms with Crippen LogP contribution in [0.5, 0.6) is 0 Å². The van der Waals surface area contributed by atoms with Crippen molar-refractivity contribution in [1.82, 2.24) is 0 Å². The Labute approximate surface area is 168 Å². The maximum absolute atomic E-state index is 13.4. The molecule has 0 radical (unpaired) electrons. The SMILES string of the molecule is O=C1C=C(c2ccccc2)N(c2ccc(Cl)cc2)C(=O)C1Cc1ccccc1. The van der Waals surface area contributed by atoms with Crippen LogP contribution in [0.3, 0.4) is 0 Å². The standard InChI is InChI=1S/C24H18ClNO2/c25-19-11-13-20(14-12-19)26-22(18-9-5-2-6-10-18)16-23(27)21(24(26)28)15-17-7-3-1-4-8-17/h1-14,16,21H,15H2. The fraction of sp³-hybridized carbons (Fsp3) is 0.0833. The van der Waals surface area contributed by atoms with Crippen LogP contribution < -0.4 is 4.90 Å². The fourth-order valence-corrected chi connectivity index (χ4v) is 3.54. The quantitative estimate of drug-likeness (QED) is 0.580. The number of hydrogen-bond acceptors (Lipinski definition) is 2. The topological polar surface area (TPSA) is 37.4 Å². The zero-order valence-corrected chi connectivity index (χ0v) is 15.8. The van der Waals surface area contributed by atoms with Gasteiger partial charge in [0.25, 0.3) is 0 Å². The molecule has 0 spiro atoms. The number of benzene rings is 3. The molecule has 0 saturated carbocycles. The highest BCUT2D eigenvalue weighted by Crippen LogP contribution is 2.33. The predicted octanol–water partition coefficient (Wildman–Crippen LogP) is 5.16. The van der Waals surface area contributed by atoms with Gasteiger partial charge in [-0.05, 0) is 41.8 Å². The maximum atomic E-state index is 13.4. The van der Waals surface area contributed by atoms with Gasteiger partial charge in [0, 0.05) is 16.8 Å². The Morgan fingerprint density at radius 1 is 0.786 bits per heavy atom. The van der Waals surface area contributed by atoms with Gasteiger partial charge in [-0.3, -0.25) is 14.5 Å². The number of carbonyl (C=O) groups is 2. The van der Waals surface area contributed by atoms with Crippen LogP contribution >= 0.6 is 11.6 Å². The molecule has 0 aliphatic carbocycles. The lowest BCUT2D eigenvalue weighted by atomic mass is 9.88. The third-order valence-corrected chi connectivity index (χ3v) is 5.07. The lowest BCUT2D eigenvalue weighted by Crippen LogP contribution is -2.43. The minimum Gasteiger partial charge on any atom is -0.294 e. The van der Waals surface area contributed by atoms with E-state index >= 15 is 0 Å². The van der Waals surface area contributed by atoms with Crippen LogP contribution in [-0.4, -0.2) is 11.7 Å². The van der Waals surface area contributed by atoms with Gasteiger partial charge in [-0.2, -0.15) is 0 Å². The molecular weight excluding hydrogens is 370 g/mol. The Bertz CT molecular complexity index is 1030. The van der Waals surface area contributed by atoms with E-state index in [0.717, 1.165) is 11.1 Å². The molecule has 1 atom stereocenters. The number of amides is 1.